The van der Waals surface area contributed by atoms with Gasteiger partial charge in [-0.05, 0) is 62.1 Å². The van der Waals surface area contributed by atoms with Gasteiger partial charge in [-0.25, -0.2) is 8.42 Å². The Kier molecular flexibility index (Phi) is 3.95. The number of halogens is 1. The molecule has 21 heavy (non-hydrogen) atoms. The summed E-state index contributed by atoms with van der Waals surface area (Å²) >= 11 is 3.40. The van der Waals surface area contributed by atoms with E-state index >= 15 is 0 Å². The van der Waals surface area contributed by atoms with Crippen molar-refractivity contribution in [2.75, 3.05) is 5.75 Å². The molecule has 0 aromatic heterocycles. The molecule has 1 aromatic rings. The number of aliphatic hydroxyl groups is 1. The van der Waals surface area contributed by atoms with Gasteiger partial charge in [0, 0.05) is 4.47 Å². The average molecular weight is 373 g/mol. The summed E-state index contributed by atoms with van der Waals surface area (Å²) in [5.41, 5.74) is -0.0974. The van der Waals surface area contributed by atoms with E-state index in [1.165, 1.54) is 0 Å². The van der Waals surface area contributed by atoms with Gasteiger partial charge in [-0.3, -0.25) is 0 Å². The van der Waals surface area contributed by atoms with Crippen molar-refractivity contribution in [2.24, 2.45) is 11.8 Å². The highest BCUT2D eigenvalue weighted by atomic mass is 79.9. The molecule has 0 bridgehead atoms. The Hall–Kier alpha value is -0.390. The third kappa shape index (κ3) is 2.80. The van der Waals surface area contributed by atoms with Gasteiger partial charge < -0.3 is 5.11 Å². The van der Waals surface area contributed by atoms with E-state index in [0.29, 0.717) is 12.2 Å². The molecule has 1 aliphatic carbocycles. The predicted octanol–water partition coefficient (Wildman–Crippen LogP) is 3.26. The first kappa shape index (κ1) is 15.5. The van der Waals surface area contributed by atoms with Crippen molar-refractivity contribution in [1.29, 1.82) is 0 Å². The maximum atomic E-state index is 12.2. The Morgan fingerprint density at radius 1 is 1.24 bits per heavy atom. The smallest absolute Gasteiger partial charge is 0.153 e. The van der Waals surface area contributed by atoms with Crippen LogP contribution in [0.15, 0.2) is 28.7 Å². The van der Waals surface area contributed by atoms with Gasteiger partial charge in [0.15, 0.2) is 9.84 Å². The molecule has 3 nitrogen and oxygen atoms in total. The lowest BCUT2D eigenvalue weighted by atomic mass is 9.81. The minimum atomic E-state index is -2.96. The third-order valence-corrected chi connectivity index (χ3v) is 8.20. The first-order valence-corrected chi connectivity index (χ1v) is 10.0. The number of hydrogen-bond donors (Lipinski definition) is 1. The lowest BCUT2D eigenvalue weighted by molar-refractivity contribution is -0.00499. The maximum Gasteiger partial charge on any atom is 0.153 e. The van der Waals surface area contributed by atoms with Gasteiger partial charge in [-0.2, -0.15) is 0 Å². The lowest BCUT2D eigenvalue weighted by Gasteiger charge is -2.31. The Balaban J connectivity index is 1.86. The number of rotatable bonds is 2. The van der Waals surface area contributed by atoms with E-state index in [1.807, 2.05) is 31.2 Å². The zero-order chi connectivity index (χ0) is 15.3. The standard InChI is InChI=1S/C16H21BrO3S/c1-16(18,12-4-6-14(17)7-5-12)13-9-11-3-2-8-21(19,20)15(11)10-13/h4-7,11,13,15,18H,2-3,8-10H2,1H3. The molecule has 1 heterocycles. The molecular weight excluding hydrogens is 352 g/mol. The Morgan fingerprint density at radius 2 is 1.90 bits per heavy atom. The lowest BCUT2D eigenvalue weighted by Crippen LogP contribution is -2.33. The van der Waals surface area contributed by atoms with Crippen LogP contribution in [0.25, 0.3) is 0 Å². The van der Waals surface area contributed by atoms with Gasteiger partial charge in [-0.15, -0.1) is 0 Å². The van der Waals surface area contributed by atoms with Crippen LogP contribution in [-0.2, 0) is 15.4 Å². The summed E-state index contributed by atoms with van der Waals surface area (Å²) in [6.07, 6.45) is 3.16. The minimum absolute atomic E-state index is 0.0153. The number of fused-ring (bicyclic) bond motifs is 1. The monoisotopic (exact) mass is 372 g/mol. The molecular formula is C16H21BrO3S. The Morgan fingerprint density at radius 3 is 2.52 bits per heavy atom. The van der Waals surface area contributed by atoms with Crippen LogP contribution >= 0.6 is 15.9 Å². The van der Waals surface area contributed by atoms with Crippen molar-refractivity contribution in [3.05, 3.63) is 34.3 Å². The van der Waals surface area contributed by atoms with E-state index in [9.17, 15) is 13.5 Å². The quantitative estimate of drug-likeness (QED) is 0.866. The van der Waals surface area contributed by atoms with E-state index in [0.717, 1.165) is 29.3 Å². The molecule has 1 aromatic carbocycles. The average Bonchev–Trinajstić information content (AvgIpc) is 2.85. The number of sulfone groups is 1. The van der Waals surface area contributed by atoms with Gasteiger partial charge in [0.2, 0.25) is 0 Å². The normalized spacial score (nSPS) is 34.1. The van der Waals surface area contributed by atoms with E-state index < -0.39 is 15.4 Å². The van der Waals surface area contributed by atoms with Crippen molar-refractivity contribution in [1.82, 2.24) is 0 Å². The molecule has 0 radical (unpaired) electrons. The highest BCUT2D eigenvalue weighted by Crippen LogP contribution is 2.48. The molecule has 4 unspecified atom stereocenters. The molecule has 2 fully saturated rings. The summed E-state index contributed by atoms with van der Waals surface area (Å²) < 4.78 is 25.4. The van der Waals surface area contributed by atoms with E-state index in [-0.39, 0.29) is 17.1 Å². The van der Waals surface area contributed by atoms with E-state index in [1.54, 1.807) is 0 Å². The molecule has 1 N–H and O–H groups in total. The molecule has 0 amide bonds. The van der Waals surface area contributed by atoms with E-state index in [4.69, 9.17) is 0 Å². The van der Waals surface area contributed by atoms with Gasteiger partial charge in [0.05, 0.1) is 16.6 Å². The van der Waals surface area contributed by atoms with Gasteiger partial charge >= 0.3 is 0 Å². The highest BCUT2D eigenvalue weighted by molar-refractivity contribution is 9.10. The Labute approximate surface area is 134 Å². The zero-order valence-electron chi connectivity index (χ0n) is 12.1. The number of benzene rings is 1. The van der Waals surface area contributed by atoms with Crippen LogP contribution in [0.4, 0.5) is 0 Å². The molecule has 1 aliphatic heterocycles. The van der Waals surface area contributed by atoms with Crippen molar-refractivity contribution >= 4 is 25.8 Å². The molecule has 1 saturated carbocycles. The molecule has 0 spiro atoms. The van der Waals surface area contributed by atoms with Crippen molar-refractivity contribution in [3.8, 4) is 0 Å². The van der Waals surface area contributed by atoms with Crippen molar-refractivity contribution < 1.29 is 13.5 Å². The fourth-order valence-corrected chi connectivity index (χ4v) is 6.51. The summed E-state index contributed by atoms with van der Waals surface area (Å²) in [5, 5.41) is 10.7. The summed E-state index contributed by atoms with van der Waals surface area (Å²) in [6.45, 7) is 1.82. The van der Waals surface area contributed by atoms with Gasteiger partial charge in [-0.1, -0.05) is 28.1 Å². The summed E-state index contributed by atoms with van der Waals surface area (Å²) in [6, 6.07) is 7.67. The summed E-state index contributed by atoms with van der Waals surface area (Å²) in [4.78, 5) is 0. The fourth-order valence-electron chi connectivity index (χ4n) is 4.01. The largest absolute Gasteiger partial charge is 0.385 e. The van der Waals surface area contributed by atoms with E-state index in [2.05, 4.69) is 15.9 Å². The molecule has 5 heteroatoms. The second-order valence-electron chi connectivity index (χ2n) is 6.63. The van der Waals surface area contributed by atoms with Crippen molar-refractivity contribution in [2.45, 2.75) is 43.5 Å². The first-order valence-electron chi connectivity index (χ1n) is 7.50. The zero-order valence-corrected chi connectivity index (χ0v) is 14.5. The number of hydrogen-bond acceptors (Lipinski definition) is 3. The summed E-state index contributed by atoms with van der Waals surface area (Å²) in [7, 11) is -2.96. The second kappa shape index (κ2) is 5.36. The van der Waals surface area contributed by atoms with Gasteiger partial charge in [0.25, 0.3) is 0 Å². The summed E-state index contributed by atoms with van der Waals surface area (Å²) in [5.74, 6) is 0.568. The van der Waals surface area contributed by atoms with Crippen molar-refractivity contribution in [3.63, 3.8) is 0 Å². The van der Waals surface area contributed by atoms with Crippen LogP contribution in [0.5, 0.6) is 0 Å². The first-order chi connectivity index (χ1) is 9.80. The van der Waals surface area contributed by atoms with Crippen LogP contribution in [0.2, 0.25) is 0 Å². The van der Waals surface area contributed by atoms with Crippen LogP contribution < -0.4 is 0 Å². The molecule has 4 atom stereocenters. The van der Waals surface area contributed by atoms with Crippen LogP contribution in [0.3, 0.4) is 0 Å². The topological polar surface area (TPSA) is 54.4 Å². The minimum Gasteiger partial charge on any atom is -0.385 e. The van der Waals surface area contributed by atoms with Crippen LogP contribution in [0, 0.1) is 11.8 Å². The van der Waals surface area contributed by atoms with Crippen LogP contribution in [-0.4, -0.2) is 24.5 Å². The molecule has 2 aliphatic rings. The fraction of sp³-hybridized carbons (Fsp3) is 0.625. The molecule has 1 saturated heterocycles. The Bertz CT molecular complexity index is 621. The highest BCUT2D eigenvalue weighted by Gasteiger charge is 2.49. The van der Waals surface area contributed by atoms with Crippen LogP contribution in [0.1, 0.15) is 38.2 Å². The molecule has 116 valence electrons. The molecule has 3 rings (SSSR count). The second-order valence-corrected chi connectivity index (χ2v) is 9.89. The SMILES string of the molecule is CC(O)(c1ccc(Br)cc1)C1CC2CCCS(=O)(=O)C2C1. The third-order valence-electron chi connectivity index (χ3n) is 5.32. The maximum absolute atomic E-state index is 12.2. The van der Waals surface area contributed by atoms with Gasteiger partial charge in [0.1, 0.15) is 0 Å². The predicted molar refractivity (Wildman–Crippen MR) is 86.7 cm³/mol.